The molecule has 3 heteroatoms. The van der Waals surface area contributed by atoms with Crippen molar-refractivity contribution in [2.24, 2.45) is 0 Å². The van der Waals surface area contributed by atoms with Gasteiger partial charge in [0.15, 0.2) is 0 Å². The predicted molar refractivity (Wildman–Crippen MR) is 125 cm³/mol. The molecule has 0 aliphatic heterocycles. The number of carboxylic acids is 1. The average Bonchev–Trinajstić information content (AvgIpc) is 2.82. The Kier molecular flexibility index (Phi) is 4.03. The molecular weight excluding hydrogens is 382 g/mol. The largest absolute Gasteiger partial charge is 0.477 e. The van der Waals surface area contributed by atoms with Crippen molar-refractivity contribution in [2.75, 3.05) is 0 Å². The summed E-state index contributed by atoms with van der Waals surface area (Å²) in [5.41, 5.74) is 3.83. The molecule has 0 spiro atoms. The number of aryl methyl sites for hydroxylation is 1. The summed E-state index contributed by atoms with van der Waals surface area (Å²) in [6.45, 7) is 0. The van der Waals surface area contributed by atoms with E-state index in [0.29, 0.717) is 0 Å². The molecular formula is C28H21NO2. The van der Waals surface area contributed by atoms with E-state index in [0.717, 1.165) is 35.7 Å². The fourth-order valence-corrected chi connectivity index (χ4v) is 5.23. The quantitative estimate of drug-likeness (QED) is 0.342. The Bertz CT molecular complexity index is 1500. The van der Waals surface area contributed by atoms with E-state index in [9.17, 15) is 9.90 Å². The second-order valence-corrected chi connectivity index (χ2v) is 8.44. The highest BCUT2D eigenvalue weighted by atomic mass is 16.4. The van der Waals surface area contributed by atoms with Gasteiger partial charge < -0.3 is 5.11 Å². The number of rotatable bonds is 2. The lowest BCUT2D eigenvalue weighted by atomic mass is 9.78. The van der Waals surface area contributed by atoms with Crippen LogP contribution in [0.15, 0.2) is 78.9 Å². The minimum absolute atomic E-state index is 0.128. The molecule has 1 aliphatic rings. The van der Waals surface area contributed by atoms with E-state index < -0.39 is 5.97 Å². The smallest absolute Gasteiger partial charge is 0.354 e. The molecule has 1 N–H and O–H groups in total. The zero-order chi connectivity index (χ0) is 20.9. The van der Waals surface area contributed by atoms with Crippen LogP contribution in [0.1, 0.15) is 39.6 Å². The van der Waals surface area contributed by atoms with Gasteiger partial charge in [0.2, 0.25) is 0 Å². The number of fused-ring (bicyclic) bond motifs is 6. The Balaban J connectivity index is 1.53. The molecule has 31 heavy (non-hydrogen) atoms. The summed E-state index contributed by atoms with van der Waals surface area (Å²) in [7, 11) is 0. The highest BCUT2D eigenvalue weighted by Gasteiger charge is 2.25. The number of pyridine rings is 1. The van der Waals surface area contributed by atoms with Crippen molar-refractivity contribution in [3.63, 3.8) is 0 Å². The molecule has 4 aromatic carbocycles. The number of aromatic nitrogens is 1. The molecule has 5 aromatic rings. The molecule has 0 saturated carbocycles. The molecule has 3 nitrogen and oxygen atoms in total. The van der Waals surface area contributed by atoms with E-state index >= 15 is 0 Å². The first-order chi connectivity index (χ1) is 15.2. The van der Waals surface area contributed by atoms with Crippen molar-refractivity contribution in [1.82, 2.24) is 4.98 Å². The molecule has 0 saturated heterocycles. The molecule has 150 valence electrons. The highest BCUT2D eigenvalue weighted by Crippen LogP contribution is 2.39. The second kappa shape index (κ2) is 6.92. The van der Waals surface area contributed by atoms with Crippen LogP contribution >= 0.6 is 0 Å². The lowest BCUT2D eigenvalue weighted by Crippen LogP contribution is -2.16. The van der Waals surface area contributed by atoms with Gasteiger partial charge in [0.1, 0.15) is 5.69 Å². The van der Waals surface area contributed by atoms with Crippen LogP contribution in [0.25, 0.3) is 32.3 Å². The summed E-state index contributed by atoms with van der Waals surface area (Å²) in [6, 6.07) is 27.2. The van der Waals surface area contributed by atoms with Gasteiger partial charge in [0, 0.05) is 11.3 Å². The summed E-state index contributed by atoms with van der Waals surface area (Å²) >= 11 is 0. The van der Waals surface area contributed by atoms with Crippen molar-refractivity contribution in [3.8, 4) is 0 Å². The fraction of sp³-hybridized carbons (Fsp3) is 0.143. The van der Waals surface area contributed by atoms with Crippen molar-refractivity contribution >= 4 is 38.3 Å². The number of hydrogen-bond acceptors (Lipinski definition) is 2. The fourth-order valence-electron chi connectivity index (χ4n) is 5.23. The van der Waals surface area contributed by atoms with Gasteiger partial charge in [-0.15, -0.1) is 0 Å². The number of aromatic carboxylic acids is 1. The van der Waals surface area contributed by atoms with E-state index in [-0.39, 0.29) is 11.6 Å². The monoisotopic (exact) mass is 403 g/mol. The van der Waals surface area contributed by atoms with Crippen molar-refractivity contribution in [3.05, 3.63) is 101 Å². The minimum atomic E-state index is -0.972. The molecule has 0 bridgehead atoms. The Hall–Kier alpha value is -3.72. The zero-order valence-electron chi connectivity index (χ0n) is 17.0. The second-order valence-electron chi connectivity index (χ2n) is 8.44. The standard InChI is InChI=1S/C28H21NO2/c30-28(31)26-16-19-6-2-4-8-22(19)27(29-26)20-10-9-18-12-13-23-21-7-3-1-5-17(21)11-14-24(23)25(18)15-20/h1-8,11-14,16,20H,9-10,15H2,(H,30,31). The highest BCUT2D eigenvalue weighted by molar-refractivity contribution is 6.08. The minimum Gasteiger partial charge on any atom is -0.477 e. The summed E-state index contributed by atoms with van der Waals surface area (Å²) in [5, 5.41) is 16.7. The maximum absolute atomic E-state index is 11.7. The number of nitrogens with zero attached hydrogens (tertiary/aromatic N) is 1. The molecule has 0 radical (unpaired) electrons. The Morgan fingerprint density at radius 1 is 0.806 bits per heavy atom. The summed E-state index contributed by atoms with van der Waals surface area (Å²) in [6.07, 6.45) is 2.84. The Morgan fingerprint density at radius 2 is 1.55 bits per heavy atom. The van der Waals surface area contributed by atoms with E-state index in [1.54, 1.807) is 6.07 Å². The molecule has 1 atom stereocenters. The van der Waals surface area contributed by atoms with E-state index in [1.165, 1.54) is 32.7 Å². The van der Waals surface area contributed by atoms with Gasteiger partial charge >= 0.3 is 5.97 Å². The number of hydrogen-bond donors (Lipinski definition) is 1. The molecule has 1 heterocycles. The lowest BCUT2D eigenvalue weighted by molar-refractivity contribution is 0.0690. The molecule has 1 aromatic heterocycles. The third kappa shape index (κ3) is 2.89. The van der Waals surface area contributed by atoms with Crippen LogP contribution in [0.5, 0.6) is 0 Å². The molecule has 1 unspecified atom stereocenters. The molecule has 6 rings (SSSR count). The van der Waals surface area contributed by atoms with Gasteiger partial charge in [-0.2, -0.15) is 0 Å². The van der Waals surface area contributed by atoms with Crippen LogP contribution < -0.4 is 0 Å². The van der Waals surface area contributed by atoms with Gasteiger partial charge in [-0.05, 0) is 63.4 Å². The molecule has 1 aliphatic carbocycles. The maximum atomic E-state index is 11.7. The summed E-state index contributed by atoms with van der Waals surface area (Å²) < 4.78 is 0. The van der Waals surface area contributed by atoms with Gasteiger partial charge in [-0.3, -0.25) is 0 Å². The van der Waals surface area contributed by atoms with Crippen molar-refractivity contribution in [1.29, 1.82) is 0 Å². The van der Waals surface area contributed by atoms with Crippen LogP contribution in [0.4, 0.5) is 0 Å². The number of benzene rings is 4. The van der Waals surface area contributed by atoms with Crippen LogP contribution in [-0.4, -0.2) is 16.1 Å². The van der Waals surface area contributed by atoms with E-state index in [2.05, 4.69) is 59.6 Å². The van der Waals surface area contributed by atoms with E-state index in [1.807, 2.05) is 18.2 Å². The van der Waals surface area contributed by atoms with Crippen LogP contribution in [0.2, 0.25) is 0 Å². The first-order valence-corrected chi connectivity index (χ1v) is 10.7. The Labute approximate surface area is 180 Å². The van der Waals surface area contributed by atoms with Crippen LogP contribution in [-0.2, 0) is 12.8 Å². The van der Waals surface area contributed by atoms with Crippen LogP contribution in [0.3, 0.4) is 0 Å². The number of carboxylic acid groups (broad SMARTS) is 1. The van der Waals surface area contributed by atoms with Gasteiger partial charge in [-0.25, -0.2) is 9.78 Å². The summed E-state index contributed by atoms with van der Waals surface area (Å²) in [4.78, 5) is 16.3. The van der Waals surface area contributed by atoms with Gasteiger partial charge in [0.05, 0.1) is 5.69 Å². The summed E-state index contributed by atoms with van der Waals surface area (Å²) in [5.74, 6) is -0.770. The first kappa shape index (κ1) is 18.1. The third-order valence-corrected chi connectivity index (χ3v) is 6.72. The normalized spacial score (nSPS) is 15.9. The van der Waals surface area contributed by atoms with Crippen LogP contribution in [0, 0.1) is 0 Å². The maximum Gasteiger partial charge on any atom is 0.354 e. The zero-order valence-corrected chi connectivity index (χ0v) is 17.0. The first-order valence-electron chi connectivity index (χ1n) is 10.7. The SMILES string of the molecule is O=C(O)c1cc2ccccc2c(C2CCc3ccc4c(ccc5ccccc54)c3C2)n1. The average molecular weight is 403 g/mol. The van der Waals surface area contributed by atoms with Crippen molar-refractivity contribution < 1.29 is 9.90 Å². The lowest BCUT2D eigenvalue weighted by Gasteiger charge is -2.27. The Morgan fingerprint density at radius 3 is 2.39 bits per heavy atom. The predicted octanol–water partition coefficient (Wildman–Crippen LogP) is 6.51. The van der Waals surface area contributed by atoms with Crippen molar-refractivity contribution in [2.45, 2.75) is 25.2 Å². The van der Waals surface area contributed by atoms with Gasteiger partial charge in [-0.1, -0.05) is 72.8 Å². The van der Waals surface area contributed by atoms with E-state index in [4.69, 9.17) is 0 Å². The number of carbonyl (C=O) groups is 1. The molecule has 0 fully saturated rings. The topological polar surface area (TPSA) is 50.2 Å². The third-order valence-electron chi connectivity index (χ3n) is 6.72. The molecule has 0 amide bonds. The van der Waals surface area contributed by atoms with Gasteiger partial charge in [0.25, 0.3) is 0 Å².